The molecular formula is C13H11NO2S. The Hall–Kier alpha value is -1.94. The highest BCUT2D eigenvalue weighted by atomic mass is 32.1. The summed E-state index contributed by atoms with van der Waals surface area (Å²) in [5.41, 5.74) is 1.25. The van der Waals surface area contributed by atoms with Gasteiger partial charge in [-0.3, -0.25) is 0 Å². The lowest BCUT2D eigenvalue weighted by Crippen LogP contribution is -2.06. The molecule has 1 aromatic carbocycles. The zero-order valence-corrected chi connectivity index (χ0v) is 9.94. The van der Waals surface area contributed by atoms with Gasteiger partial charge < -0.3 is 4.74 Å². The van der Waals surface area contributed by atoms with Gasteiger partial charge in [-0.15, -0.1) is 11.3 Å². The van der Waals surface area contributed by atoms with Crippen LogP contribution in [0.4, 0.5) is 0 Å². The number of carbonyl (C=O) groups is 1. The van der Waals surface area contributed by atoms with E-state index < -0.39 is 5.97 Å². The maximum atomic E-state index is 11.7. The van der Waals surface area contributed by atoms with Crippen molar-refractivity contribution in [2.75, 3.05) is 0 Å². The molecule has 0 amide bonds. The molecule has 0 N–H and O–H groups in total. The van der Waals surface area contributed by atoms with Crippen LogP contribution in [-0.4, -0.2) is 11.0 Å². The minimum atomic E-state index is -0.427. The fourth-order valence-corrected chi connectivity index (χ4v) is 1.87. The van der Waals surface area contributed by atoms with Crippen molar-refractivity contribution in [1.29, 1.82) is 0 Å². The zero-order chi connectivity index (χ0) is 12.1. The van der Waals surface area contributed by atoms with Crippen LogP contribution >= 0.6 is 11.3 Å². The van der Waals surface area contributed by atoms with E-state index in [9.17, 15) is 4.79 Å². The minimum absolute atomic E-state index is 0.254. The lowest BCUT2D eigenvalue weighted by Gasteiger charge is -2.05. The number of nitrogens with zero attached hydrogens (tertiary/aromatic N) is 1. The second-order valence-corrected chi connectivity index (χ2v) is 4.27. The Morgan fingerprint density at radius 2 is 2.12 bits per heavy atom. The van der Waals surface area contributed by atoms with Gasteiger partial charge in [0, 0.05) is 11.6 Å². The molecule has 0 saturated carbocycles. The summed E-state index contributed by atoms with van der Waals surface area (Å²) >= 11 is 1.37. The van der Waals surface area contributed by atoms with Crippen LogP contribution in [0.25, 0.3) is 5.57 Å². The first-order chi connectivity index (χ1) is 8.27. The second kappa shape index (κ2) is 5.41. The van der Waals surface area contributed by atoms with Crippen molar-refractivity contribution >= 4 is 22.9 Å². The third kappa shape index (κ3) is 3.01. The number of rotatable bonds is 4. The maximum Gasteiger partial charge on any atom is 0.340 e. The van der Waals surface area contributed by atoms with E-state index >= 15 is 0 Å². The Balaban J connectivity index is 1.92. The van der Waals surface area contributed by atoms with Gasteiger partial charge in [0.2, 0.25) is 0 Å². The summed E-state index contributed by atoms with van der Waals surface area (Å²) in [5.74, 6) is -0.427. The van der Waals surface area contributed by atoms with Crippen molar-refractivity contribution in [2.24, 2.45) is 0 Å². The molecule has 3 nitrogen and oxygen atoms in total. The Morgan fingerprint density at radius 1 is 1.35 bits per heavy atom. The van der Waals surface area contributed by atoms with Gasteiger partial charge in [0.25, 0.3) is 0 Å². The number of benzene rings is 1. The third-order valence-corrected chi connectivity index (χ3v) is 2.98. The highest BCUT2D eigenvalue weighted by molar-refractivity contribution is 7.11. The first-order valence-corrected chi connectivity index (χ1v) is 5.95. The Morgan fingerprint density at radius 3 is 2.76 bits per heavy atom. The average Bonchev–Trinajstić information content (AvgIpc) is 2.90. The van der Waals surface area contributed by atoms with Crippen molar-refractivity contribution in [2.45, 2.75) is 6.61 Å². The van der Waals surface area contributed by atoms with Crippen LogP contribution in [0.2, 0.25) is 0 Å². The quantitative estimate of drug-likeness (QED) is 0.614. The van der Waals surface area contributed by atoms with Crippen molar-refractivity contribution in [3.05, 3.63) is 59.1 Å². The van der Waals surface area contributed by atoms with Crippen LogP contribution in [0.3, 0.4) is 0 Å². The Bertz CT molecular complexity index is 505. The van der Waals surface area contributed by atoms with E-state index in [1.54, 1.807) is 11.6 Å². The fraction of sp³-hybridized carbons (Fsp3) is 0.0769. The lowest BCUT2D eigenvalue weighted by molar-refractivity contribution is -0.137. The van der Waals surface area contributed by atoms with Gasteiger partial charge >= 0.3 is 5.97 Å². The van der Waals surface area contributed by atoms with Gasteiger partial charge in [0.15, 0.2) is 0 Å². The highest BCUT2D eigenvalue weighted by Gasteiger charge is 2.13. The van der Waals surface area contributed by atoms with E-state index in [0.29, 0.717) is 10.6 Å². The molecule has 86 valence electrons. The molecule has 0 unspecified atom stereocenters. The molecular weight excluding hydrogens is 234 g/mol. The molecule has 0 fully saturated rings. The van der Waals surface area contributed by atoms with E-state index in [4.69, 9.17) is 4.74 Å². The molecule has 4 heteroatoms. The lowest BCUT2D eigenvalue weighted by atomic mass is 10.2. The number of carbonyl (C=O) groups excluding carboxylic acids is 1. The molecule has 0 aliphatic heterocycles. The second-order valence-electron chi connectivity index (χ2n) is 3.38. The van der Waals surface area contributed by atoms with Crippen LogP contribution in [0.1, 0.15) is 10.6 Å². The predicted octanol–water partition coefficient (Wildman–Crippen LogP) is 2.90. The molecule has 0 bridgehead atoms. The first-order valence-electron chi connectivity index (χ1n) is 5.07. The molecule has 2 aromatic rings. The zero-order valence-electron chi connectivity index (χ0n) is 9.13. The summed E-state index contributed by atoms with van der Waals surface area (Å²) in [4.78, 5) is 15.7. The van der Waals surface area contributed by atoms with Crippen molar-refractivity contribution in [1.82, 2.24) is 4.98 Å². The number of aromatic nitrogens is 1. The number of thiazole rings is 1. The van der Waals surface area contributed by atoms with Gasteiger partial charge in [0.1, 0.15) is 11.6 Å². The minimum Gasteiger partial charge on any atom is -0.457 e. The number of esters is 1. The Kier molecular flexibility index (Phi) is 3.67. The smallest absolute Gasteiger partial charge is 0.340 e. The normalized spacial score (nSPS) is 9.88. The monoisotopic (exact) mass is 245 g/mol. The molecule has 17 heavy (non-hydrogen) atoms. The van der Waals surface area contributed by atoms with E-state index in [-0.39, 0.29) is 6.61 Å². The number of hydrogen-bond donors (Lipinski definition) is 0. The van der Waals surface area contributed by atoms with Crippen LogP contribution in [0.15, 0.2) is 48.5 Å². The first kappa shape index (κ1) is 11.5. The predicted molar refractivity (Wildman–Crippen MR) is 67.4 cm³/mol. The molecule has 1 heterocycles. The third-order valence-electron chi connectivity index (χ3n) is 2.15. The molecule has 0 aliphatic rings. The molecule has 1 aromatic heterocycles. The van der Waals surface area contributed by atoms with E-state index in [1.807, 2.05) is 30.3 Å². The molecule has 0 atom stereocenters. The summed E-state index contributed by atoms with van der Waals surface area (Å²) in [7, 11) is 0. The highest BCUT2D eigenvalue weighted by Crippen LogP contribution is 2.17. The summed E-state index contributed by atoms with van der Waals surface area (Å²) < 4.78 is 5.14. The molecule has 2 rings (SSSR count). The van der Waals surface area contributed by atoms with Crippen LogP contribution in [-0.2, 0) is 16.1 Å². The van der Waals surface area contributed by atoms with Crippen molar-refractivity contribution in [3.63, 3.8) is 0 Å². The summed E-state index contributed by atoms with van der Waals surface area (Å²) in [6.07, 6.45) is 1.63. The largest absolute Gasteiger partial charge is 0.457 e. The molecule has 0 saturated heterocycles. The fourth-order valence-electron chi connectivity index (χ4n) is 1.27. The Labute approximate surface area is 103 Å². The number of ether oxygens (including phenoxy) is 1. The summed E-state index contributed by atoms with van der Waals surface area (Å²) in [6, 6.07) is 9.52. The van der Waals surface area contributed by atoms with Crippen LogP contribution in [0.5, 0.6) is 0 Å². The van der Waals surface area contributed by atoms with Gasteiger partial charge in [-0.2, -0.15) is 0 Å². The van der Waals surface area contributed by atoms with Crippen molar-refractivity contribution < 1.29 is 9.53 Å². The summed E-state index contributed by atoms with van der Waals surface area (Å²) in [6.45, 7) is 3.94. The van der Waals surface area contributed by atoms with Gasteiger partial charge in [-0.25, -0.2) is 9.78 Å². The van der Waals surface area contributed by atoms with Crippen LogP contribution < -0.4 is 0 Å². The average molecular weight is 245 g/mol. The number of hydrogen-bond acceptors (Lipinski definition) is 4. The SMILES string of the molecule is C=C(C(=O)OCc1ccccc1)c1nccs1. The van der Waals surface area contributed by atoms with Gasteiger partial charge in [-0.1, -0.05) is 36.9 Å². The summed E-state index contributed by atoms with van der Waals surface area (Å²) in [5, 5.41) is 2.40. The van der Waals surface area contributed by atoms with Gasteiger partial charge in [0.05, 0.1) is 5.57 Å². The topological polar surface area (TPSA) is 39.2 Å². The molecule has 0 radical (unpaired) electrons. The molecule has 0 spiro atoms. The van der Waals surface area contributed by atoms with E-state index in [2.05, 4.69) is 11.6 Å². The van der Waals surface area contributed by atoms with E-state index in [1.165, 1.54) is 11.3 Å². The molecule has 0 aliphatic carbocycles. The maximum absolute atomic E-state index is 11.7. The van der Waals surface area contributed by atoms with Crippen LogP contribution in [0, 0.1) is 0 Å². The van der Waals surface area contributed by atoms with E-state index in [0.717, 1.165) is 5.56 Å². The van der Waals surface area contributed by atoms with Crippen molar-refractivity contribution in [3.8, 4) is 0 Å². The van der Waals surface area contributed by atoms with Gasteiger partial charge in [-0.05, 0) is 5.56 Å². The standard InChI is InChI=1S/C13H11NO2S/c1-10(12-14-7-8-17-12)13(15)16-9-11-5-3-2-4-6-11/h2-8H,1,9H2.